The van der Waals surface area contributed by atoms with Gasteiger partial charge in [0, 0.05) is 30.5 Å². The predicted molar refractivity (Wildman–Crippen MR) is 119 cm³/mol. The first-order valence-electron chi connectivity index (χ1n) is 9.63. The molecule has 0 spiro atoms. The second kappa shape index (κ2) is 8.45. The highest BCUT2D eigenvalue weighted by molar-refractivity contribution is 7.14. The van der Waals surface area contributed by atoms with E-state index in [0.29, 0.717) is 17.4 Å². The molecule has 0 fully saturated rings. The van der Waals surface area contributed by atoms with E-state index in [-0.39, 0.29) is 12.7 Å². The fourth-order valence-corrected chi connectivity index (χ4v) is 3.90. The van der Waals surface area contributed by atoms with Crippen molar-refractivity contribution in [1.29, 1.82) is 0 Å². The quantitative estimate of drug-likeness (QED) is 0.486. The van der Waals surface area contributed by atoms with Crippen LogP contribution in [-0.2, 0) is 6.54 Å². The Morgan fingerprint density at radius 3 is 2.90 bits per heavy atom. The molecule has 1 aliphatic heterocycles. The van der Waals surface area contributed by atoms with E-state index in [9.17, 15) is 4.79 Å². The minimum atomic E-state index is -0.195. The number of anilines is 1. The second-order valence-corrected chi connectivity index (χ2v) is 7.71. The fraction of sp³-hybridized carbons (Fsp3) is 0.0870. The van der Waals surface area contributed by atoms with Crippen LogP contribution >= 0.6 is 11.3 Å². The van der Waals surface area contributed by atoms with Crippen molar-refractivity contribution in [1.82, 2.24) is 14.5 Å². The van der Waals surface area contributed by atoms with Crippen LogP contribution in [0.4, 0.5) is 5.13 Å². The molecule has 1 aliphatic rings. The zero-order valence-electron chi connectivity index (χ0n) is 16.4. The van der Waals surface area contributed by atoms with E-state index in [1.54, 1.807) is 18.5 Å². The maximum absolute atomic E-state index is 12.8. The number of nitrogens with zero attached hydrogens (tertiary/aromatic N) is 3. The summed E-state index contributed by atoms with van der Waals surface area (Å²) in [6.07, 6.45) is 9.22. The van der Waals surface area contributed by atoms with Gasteiger partial charge in [0.15, 0.2) is 16.6 Å². The van der Waals surface area contributed by atoms with Gasteiger partial charge >= 0.3 is 0 Å². The van der Waals surface area contributed by atoms with Gasteiger partial charge in [0.2, 0.25) is 6.79 Å². The number of aromatic nitrogens is 3. The average molecular weight is 430 g/mol. The van der Waals surface area contributed by atoms with Crippen molar-refractivity contribution in [2.45, 2.75) is 6.54 Å². The lowest BCUT2D eigenvalue weighted by molar-refractivity contribution is 0.101. The summed E-state index contributed by atoms with van der Waals surface area (Å²) in [5.41, 5.74) is 3.40. The molecule has 3 aromatic heterocycles. The first-order chi connectivity index (χ1) is 15.2. The number of benzene rings is 1. The lowest BCUT2D eigenvalue weighted by Gasteiger charge is -2.08. The van der Waals surface area contributed by atoms with E-state index in [2.05, 4.69) is 15.3 Å². The highest BCUT2D eigenvalue weighted by Crippen LogP contribution is 2.33. The van der Waals surface area contributed by atoms with Gasteiger partial charge in [-0.25, -0.2) is 4.98 Å². The van der Waals surface area contributed by atoms with Crippen molar-refractivity contribution in [2.24, 2.45) is 0 Å². The second-order valence-electron chi connectivity index (χ2n) is 6.85. The van der Waals surface area contributed by atoms with E-state index >= 15 is 0 Å². The van der Waals surface area contributed by atoms with Gasteiger partial charge in [-0.2, -0.15) is 0 Å². The number of pyridine rings is 1. The molecular weight excluding hydrogens is 412 g/mol. The van der Waals surface area contributed by atoms with Crippen LogP contribution in [0.3, 0.4) is 0 Å². The minimum Gasteiger partial charge on any atom is -0.454 e. The number of carbonyl (C=O) groups excluding carboxylic acids is 1. The van der Waals surface area contributed by atoms with Crippen molar-refractivity contribution in [3.8, 4) is 11.5 Å². The van der Waals surface area contributed by atoms with Crippen molar-refractivity contribution in [2.75, 3.05) is 12.1 Å². The largest absolute Gasteiger partial charge is 0.454 e. The number of rotatable bonds is 6. The topological polar surface area (TPSA) is 78.3 Å². The molecule has 154 valence electrons. The van der Waals surface area contributed by atoms with Gasteiger partial charge in [0.1, 0.15) is 5.69 Å². The number of ether oxygens (including phenoxy) is 2. The smallest absolute Gasteiger partial charge is 0.274 e. The standard InChI is InChI=1S/C23H18N4O3S/c28-22(19-2-1-11-27(19)13-17-7-9-24-10-8-17)26-23-25-18(14-31-23)5-3-16-4-6-20-21(12-16)30-15-29-20/h1-12,14H,13,15H2,(H,25,26,28). The molecule has 0 saturated heterocycles. The Kier molecular flexibility index (Phi) is 5.20. The first-order valence-corrected chi connectivity index (χ1v) is 10.5. The number of amides is 1. The van der Waals surface area contributed by atoms with Gasteiger partial charge in [0.05, 0.1) is 5.69 Å². The van der Waals surface area contributed by atoms with Gasteiger partial charge in [-0.1, -0.05) is 12.1 Å². The molecule has 1 amide bonds. The van der Waals surface area contributed by atoms with Crippen molar-refractivity contribution < 1.29 is 14.3 Å². The van der Waals surface area contributed by atoms with Gasteiger partial charge in [0.25, 0.3) is 5.91 Å². The van der Waals surface area contributed by atoms with Crippen molar-refractivity contribution >= 4 is 34.5 Å². The molecule has 0 bridgehead atoms. The normalized spacial score (nSPS) is 12.4. The van der Waals surface area contributed by atoms with Crippen LogP contribution in [0.1, 0.15) is 27.3 Å². The highest BCUT2D eigenvalue weighted by atomic mass is 32.1. The van der Waals surface area contributed by atoms with E-state index in [1.165, 1.54) is 11.3 Å². The number of carbonyl (C=O) groups is 1. The summed E-state index contributed by atoms with van der Waals surface area (Å²) < 4.78 is 12.6. The summed E-state index contributed by atoms with van der Waals surface area (Å²) in [4.78, 5) is 21.3. The van der Waals surface area contributed by atoms with Crippen LogP contribution in [0.5, 0.6) is 11.5 Å². The Hall–Kier alpha value is -3.91. The molecule has 0 unspecified atom stereocenters. The van der Waals surface area contributed by atoms with Crippen LogP contribution in [0, 0.1) is 0 Å². The first kappa shape index (κ1) is 19.1. The molecule has 31 heavy (non-hydrogen) atoms. The van der Waals surface area contributed by atoms with Gasteiger partial charge in [-0.05, 0) is 53.6 Å². The molecule has 4 aromatic rings. The van der Waals surface area contributed by atoms with E-state index in [0.717, 1.165) is 28.3 Å². The number of thiazole rings is 1. The number of hydrogen-bond acceptors (Lipinski definition) is 6. The Morgan fingerprint density at radius 1 is 1.13 bits per heavy atom. The summed E-state index contributed by atoms with van der Waals surface area (Å²) in [6, 6.07) is 13.3. The van der Waals surface area contributed by atoms with Crippen LogP contribution in [0.2, 0.25) is 0 Å². The molecule has 0 saturated carbocycles. The Bertz CT molecular complexity index is 1250. The summed E-state index contributed by atoms with van der Waals surface area (Å²) >= 11 is 1.38. The molecule has 4 heterocycles. The van der Waals surface area contributed by atoms with Gasteiger partial charge in [-0.3, -0.25) is 15.1 Å². The van der Waals surface area contributed by atoms with Crippen molar-refractivity contribution in [3.05, 3.63) is 88.9 Å². The Balaban J connectivity index is 1.25. The fourth-order valence-electron chi connectivity index (χ4n) is 3.22. The van der Waals surface area contributed by atoms with Crippen LogP contribution < -0.4 is 14.8 Å². The number of fused-ring (bicyclic) bond motifs is 1. The lowest BCUT2D eigenvalue weighted by Crippen LogP contribution is -2.17. The molecule has 5 rings (SSSR count). The molecule has 7 nitrogen and oxygen atoms in total. The third-order valence-corrected chi connectivity index (χ3v) is 5.53. The monoisotopic (exact) mass is 430 g/mol. The summed E-state index contributed by atoms with van der Waals surface area (Å²) in [5, 5.41) is 5.33. The average Bonchev–Trinajstić information content (AvgIpc) is 3.53. The molecule has 8 heteroatoms. The molecule has 0 atom stereocenters. The number of hydrogen-bond donors (Lipinski definition) is 1. The third kappa shape index (κ3) is 4.34. The molecule has 0 aliphatic carbocycles. The predicted octanol–water partition coefficient (Wildman–Crippen LogP) is 4.54. The number of nitrogens with one attached hydrogen (secondary N) is 1. The molecule has 0 radical (unpaired) electrons. The van der Waals surface area contributed by atoms with E-state index in [4.69, 9.17) is 9.47 Å². The molecule has 1 aromatic carbocycles. The maximum Gasteiger partial charge on any atom is 0.274 e. The van der Waals surface area contributed by atoms with Crippen molar-refractivity contribution in [3.63, 3.8) is 0 Å². The SMILES string of the molecule is O=C(Nc1nc(C=Cc2ccc3c(c2)OCO3)cs1)c1cccn1Cc1ccncc1. The van der Waals surface area contributed by atoms with E-state index < -0.39 is 0 Å². The maximum atomic E-state index is 12.8. The Morgan fingerprint density at radius 2 is 2.00 bits per heavy atom. The van der Waals surface area contributed by atoms with E-state index in [1.807, 2.05) is 64.7 Å². The zero-order chi connectivity index (χ0) is 21.0. The van der Waals surface area contributed by atoms with Crippen LogP contribution in [-0.4, -0.2) is 27.2 Å². The zero-order valence-corrected chi connectivity index (χ0v) is 17.2. The summed E-state index contributed by atoms with van der Waals surface area (Å²) in [6.45, 7) is 0.850. The Labute approximate surface area is 182 Å². The lowest BCUT2D eigenvalue weighted by atomic mass is 10.2. The minimum absolute atomic E-state index is 0.195. The van der Waals surface area contributed by atoms with Gasteiger partial charge in [-0.15, -0.1) is 11.3 Å². The summed E-state index contributed by atoms with van der Waals surface area (Å²) in [5.74, 6) is 1.30. The highest BCUT2D eigenvalue weighted by Gasteiger charge is 2.14. The van der Waals surface area contributed by atoms with Gasteiger partial charge < -0.3 is 14.0 Å². The van der Waals surface area contributed by atoms with Crippen LogP contribution in [0.15, 0.2) is 66.4 Å². The summed E-state index contributed by atoms with van der Waals surface area (Å²) in [7, 11) is 0. The third-order valence-electron chi connectivity index (χ3n) is 4.75. The molecule has 1 N–H and O–H groups in total. The van der Waals surface area contributed by atoms with Crippen LogP contribution in [0.25, 0.3) is 12.2 Å². The molecular formula is C23H18N4O3S.